The Bertz CT molecular complexity index is 495. The van der Waals surface area contributed by atoms with Crippen LogP contribution in [0, 0.1) is 0 Å². The monoisotopic (exact) mass is 289 g/mol. The van der Waals surface area contributed by atoms with Gasteiger partial charge < -0.3 is 9.64 Å². The van der Waals surface area contributed by atoms with Crippen molar-refractivity contribution in [3.05, 3.63) is 29.8 Å². The minimum Gasteiger partial charge on any atom is -0.497 e. The largest absolute Gasteiger partial charge is 0.497 e. The van der Waals surface area contributed by atoms with Gasteiger partial charge in [0, 0.05) is 19.0 Å². The minimum absolute atomic E-state index is 0.0852. The number of hydrogen-bond acceptors (Lipinski definition) is 3. The van der Waals surface area contributed by atoms with Crippen LogP contribution < -0.4 is 4.74 Å². The fourth-order valence-electron chi connectivity index (χ4n) is 2.89. The average Bonchev–Trinajstić information content (AvgIpc) is 2.48. The number of rotatable bonds is 5. The van der Waals surface area contributed by atoms with E-state index in [0.717, 1.165) is 37.1 Å². The van der Waals surface area contributed by atoms with E-state index < -0.39 is 0 Å². The molecule has 1 saturated heterocycles. The molecular weight excluding hydrogens is 266 g/mol. The molecule has 4 nitrogen and oxygen atoms in total. The molecule has 1 amide bonds. The number of piperidine rings is 1. The number of hydrogen-bond donors (Lipinski definition) is 0. The molecule has 2 rings (SSSR count). The lowest BCUT2D eigenvalue weighted by Gasteiger charge is -2.35. The summed E-state index contributed by atoms with van der Waals surface area (Å²) in [5, 5.41) is 0. The van der Waals surface area contributed by atoms with Crippen molar-refractivity contribution in [1.82, 2.24) is 4.90 Å². The zero-order valence-electron chi connectivity index (χ0n) is 12.8. The minimum atomic E-state index is 0.0852. The number of benzene rings is 1. The van der Waals surface area contributed by atoms with Crippen LogP contribution in [0.4, 0.5) is 0 Å². The molecule has 1 fully saturated rings. The van der Waals surface area contributed by atoms with Gasteiger partial charge in [0.15, 0.2) is 0 Å². The third kappa shape index (κ3) is 4.31. The fourth-order valence-corrected chi connectivity index (χ4v) is 2.89. The van der Waals surface area contributed by atoms with Crippen LogP contribution in [0.1, 0.15) is 38.2 Å². The molecule has 21 heavy (non-hydrogen) atoms. The van der Waals surface area contributed by atoms with Crippen molar-refractivity contribution in [3.8, 4) is 5.75 Å². The van der Waals surface area contributed by atoms with Gasteiger partial charge >= 0.3 is 0 Å². The maximum atomic E-state index is 12.5. The third-order valence-electron chi connectivity index (χ3n) is 3.98. The first-order chi connectivity index (χ1) is 10.1. The lowest BCUT2D eigenvalue weighted by Crippen LogP contribution is -2.45. The Labute approximate surface area is 126 Å². The van der Waals surface area contributed by atoms with Crippen molar-refractivity contribution in [1.29, 1.82) is 0 Å². The van der Waals surface area contributed by atoms with E-state index in [0.29, 0.717) is 12.8 Å². The molecule has 1 unspecified atom stereocenters. The summed E-state index contributed by atoms with van der Waals surface area (Å²) in [4.78, 5) is 25.8. The predicted molar refractivity (Wildman–Crippen MR) is 81.3 cm³/mol. The summed E-state index contributed by atoms with van der Waals surface area (Å²) in [6, 6.07) is 7.65. The first kappa shape index (κ1) is 15.5. The predicted octanol–water partition coefficient (Wildman–Crippen LogP) is 2.60. The first-order valence-electron chi connectivity index (χ1n) is 7.52. The molecule has 0 radical (unpaired) electrons. The molecule has 114 valence electrons. The summed E-state index contributed by atoms with van der Waals surface area (Å²) in [6.07, 6.45) is 3.94. The summed E-state index contributed by atoms with van der Waals surface area (Å²) in [5.74, 6) is 1.06. The molecule has 1 aromatic rings. The van der Waals surface area contributed by atoms with Crippen LogP contribution in [-0.2, 0) is 16.0 Å². The van der Waals surface area contributed by atoms with Gasteiger partial charge in [-0.3, -0.25) is 9.59 Å². The molecular formula is C17H23NO3. The Morgan fingerprint density at radius 3 is 2.57 bits per heavy atom. The zero-order chi connectivity index (χ0) is 15.2. The van der Waals surface area contributed by atoms with Crippen molar-refractivity contribution in [3.63, 3.8) is 0 Å². The van der Waals surface area contributed by atoms with E-state index in [1.165, 1.54) is 0 Å². The SMILES string of the molecule is COc1ccc(CC(=O)N2CCCCC2CC(C)=O)cc1. The fraction of sp³-hybridized carbons (Fsp3) is 0.529. The van der Waals surface area contributed by atoms with E-state index in [2.05, 4.69) is 0 Å². The Morgan fingerprint density at radius 1 is 1.24 bits per heavy atom. The molecule has 0 aromatic heterocycles. The summed E-state index contributed by atoms with van der Waals surface area (Å²) in [5.41, 5.74) is 0.980. The van der Waals surface area contributed by atoms with Gasteiger partial charge in [0.1, 0.15) is 11.5 Å². The van der Waals surface area contributed by atoms with Crippen LogP contribution in [-0.4, -0.2) is 36.3 Å². The number of carbonyl (C=O) groups excluding carboxylic acids is 2. The van der Waals surface area contributed by atoms with Crippen LogP contribution in [0.15, 0.2) is 24.3 Å². The molecule has 1 aromatic carbocycles. The number of methoxy groups -OCH3 is 1. The topological polar surface area (TPSA) is 46.6 Å². The highest BCUT2D eigenvalue weighted by atomic mass is 16.5. The molecule has 0 bridgehead atoms. The average molecular weight is 289 g/mol. The summed E-state index contributed by atoms with van der Waals surface area (Å²) in [7, 11) is 1.63. The number of likely N-dealkylation sites (tertiary alicyclic amines) is 1. The molecule has 1 atom stereocenters. The molecule has 1 aliphatic rings. The maximum absolute atomic E-state index is 12.5. The molecule has 1 heterocycles. The highest BCUT2D eigenvalue weighted by Crippen LogP contribution is 2.21. The van der Waals surface area contributed by atoms with Crippen molar-refractivity contribution in [2.45, 2.75) is 45.1 Å². The van der Waals surface area contributed by atoms with E-state index in [9.17, 15) is 9.59 Å². The lowest BCUT2D eigenvalue weighted by atomic mass is 9.97. The van der Waals surface area contributed by atoms with Crippen molar-refractivity contribution >= 4 is 11.7 Å². The van der Waals surface area contributed by atoms with Gasteiger partial charge in [0.25, 0.3) is 0 Å². The van der Waals surface area contributed by atoms with Gasteiger partial charge in [0.2, 0.25) is 5.91 Å². The Hall–Kier alpha value is -1.84. The molecule has 0 saturated carbocycles. The van der Waals surface area contributed by atoms with Crippen LogP contribution in [0.5, 0.6) is 5.75 Å². The van der Waals surface area contributed by atoms with Crippen molar-refractivity contribution < 1.29 is 14.3 Å². The van der Waals surface area contributed by atoms with Gasteiger partial charge in [-0.25, -0.2) is 0 Å². The van der Waals surface area contributed by atoms with E-state index in [4.69, 9.17) is 4.74 Å². The third-order valence-corrected chi connectivity index (χ3v) is 3.98. The van der Waals surface area contributed by atoms with Gasteiger partial charge in [-0.2, -0.15) is 0 Å². The second kappa shape index (κ2) is 7.25. The Balaban J connectivity index is 2.00. The number of Topliss-reactive ketones (excluding diaryl/α,β-unsaturated/α-hetero) is 1. The van der Waals surface area contributed by atoms with E-state index >= 15 is 0 Å². The molecule has 0 aliphatic carbocycles. The summed E-state index contributed by atoms with van der Waals surface area (Å²) >= 11 is 0. The molecule has 4 heteroatoms. The van der Waals surface area contributed by atoms with Crippen LogP contribution >= 0.6 is 0 Å². The van der Waals surface area contributed by atoms with Crippen molar-refractivity contribution in [2.24, 2.45) is 0 Å². The molecule has 1 aliphatic heterocycles. The number of amides is 1. The molecule has 0 spiro atoms. The smallest absolute Gasteiger partial charge is 0.227 e. The lowest BCUT2D eigenvalue weighted by molar-refractivity contribution is -0.135. The second-order valence-electron chi connectivity index (χ2n) is 5.67. The van der Waals surface area contributed by atoms with Crippen molar-refractivity contribution in [2.75, 3.05) is 13.7 Å². The van der Waals surface area contributed by atoms with E-state index in [1.807, 2.05) is 29.2 Å². The van der Waals surface area contributed by atoms with Crippen LogP contribution in [0.2, 0.25) is 0 Å². The van der Waals surface area contributed by atoms with E-state index in [1.54, 1.807) is 14.0 Å². The van der Waals surface area contributed by atoms with Gasteiger partial charge in [-0.15, -0.1) is 0 Å². The number of nitrogens with zero attached hydrogens (tertiary/aromatic N) is 1. The standard InChI is InChI=1S/C17H23NO3/c1-13(19)11-15-5-3-4-10-18(15)17(20)12-14-6-8-16(21-2)9-7-14/h6-9,15H,3-5,10-12H2,1-2H3. The van der Waals surface area contributed by atoms with Gasteiger partial charge in [-0.1, -0.05) is 12.1 Å². The zero-order valence-corrected chi connectivity index (χ0v) is 12.8. The van der Waals surface area contributed by atoms with Crippen LogP contribution in [0.3, 0.4) is 0 Å². The maximum Gasteiger partial charge on any atom is 0.227 e. The summed E-state index contributed by atoms with van der Waals surface area (Å²) < 4.78 is 5.12. The van der Waals surface area contributed by atoms with E-state index in [-0.39, 0.29) is 17.7 Å². The highest BCUT2D eigenvalue weighted by molar-refractivity contribution is 5.81. The van der Waals surface area contributed by atoms with Gasteiger partial charge in [-0.05, 0) is 43.9 Å². The number of ether oxygens (including phenoxy) is 1. The number of ketones is 1. The Kier molecular flexibility index (Phi) is 5.37. The normalized spacial score (nSPS) is 18.4. The number of carbonyl (C=O) groups is 2. The highest BCUT2D eigenvalue weighted by Gasteiger charge is 2.27. The quantitative estimate of drug-likeness (QED) is 0.837. The van der Waals surface area contributed by atoms with Crippen LogP contribution in [0.25, 0.3) is 0 Å². The molecule has 0 N–H and O–H groups in total. The van der Waals surface area contributed by atoms with Gasteiger partial charge in [0.05, 0.1) is 13.5 Å². The summed E-state index contributed by atoms with van der Waals surface area (Å²) in [6.45, 7) is 2.37. The Morgan fingerprint density at radius 2 is 1.95 bits per heavy atom. The second-order valence-corrected chi connectivity index (χ2v) is 5.67. The first-order valence-corrected chi connectivity index (χ1v) is 7.52.